The summed E-state index contributed by atoms with van der Waals surface area (Å²) in [4.78, 5) is 39.0. The fourth-order valence-corrected chi connectivity index (χ4v) is 1.97. The smallest absolute Gasteiger partial charge is 0.425 e. The highest BCUT2D eigenvalue weighted by Crippen LogP contribution is 2.34. The summed E-state index contributed by atoms with van der Waals surface area (Å²) >= 11 is 5.72. The second kappa shape index (κ2) is 6.87. The average molecular weight is 357 g/mol. The van der Waals surface area contributed by atoms with Gasteiger partial charge in [0.15, 0.2) is 5.82 Å². The molecule has 0 aliphatic heterocycles. The van der Waals surface area contributed by atoms with Crippen LogP contribution in [-0.2, 0) is 4.74 Å². The lowest BCUT2D eigenvalue weighted by atomic mass is 10.2. The zero-order valence-corrected chi connectivity index (χ0v) is 12.7. The molecule has 0 radical (unpaired) electrons. The maximum atomic E-state index is 11.3. The Balaban J connectivity index is 2.55. The van der Waals surface area contributed by atoms with Crippen LogP contribution in [0.5, 0.6) is 0 Å². The van der Waals surface area contributed by atoms with Crippen LogP contribution in [-0.4, -0.2) is 32.5 Å². The first kappa shape index (κ1) is 17.1. The van der Waals surface area contributed by atoms with E-state index < -0.39 is 27.3 Å². The van der Waals surface area contributed by atoms with Crippen LogP contribution in [0.4, 0.5) is 22.0 Å². The lowest BCUT2D eigenvalue weighted by Gasteiger charge is -2.10. The maximum absolute atomic E-state index is 11.3. The molecular formula is C11H9ClN6O6. The molecule has 2 N–H and O–H groups in total. The summed E-state index contributed by atoms with van der Waals surface area (Å²) in [6.07, 6.45) is -0.822. The highest BCUT2D eigenvalue weighted by molar-refractivity contribution is 6.28. The van der Waals surface area contributed by atoms with Gasteiger partial charge in [0.25, 0.3) is 0 Å². The first-order chi connectivity index (χ1) is 11.3. The van der Waals surface area contributed by atoms with E-state index in [1.165, 1.54) is 0 Å². The number of nitrogens with one attached hydrogen (secondary N) is 2. The van der Waals surface area contributed by atoms with Gasteiger partial charge in [-0.25, -0.2) is 15.2 Å². The SMILES string of the molecule is CCOC(=O)NNc1nc(Cl)nc2cc([N+](=O)[O-])c([N+](=O)[O-])cc12. The number of benzene rings is 1. The van der Waals surface area contributed by atoms with Crippen molar-refractivity contribution >= 4 is 45.8 Å². The number of fused-ring (bicyclic) bond motifs is 1. The van der Waals surface area contributed by atoms with Gasteiger partial charge in [0.2, 0.25) is 5.28 Å². The minimum Gasteiger partial charge on any atom is -0.449 e. The summed E-state index contributed by atoms with van der Waals surface area (Å²) in [5, 5.41) is 21.8. The van der Waals surface area contributed by atoms with Gasteiger partial charge < -0.3 is 4.74 Å². The lowest BCUT2D eigenvalue weighted by Crippen LogP contribution is -2.30. The predicted molar refractivity (Wildman–Crippen MR) is 81.6 cm³/mol. The maximum Gasteiger partial charge on any atom is 0.425 e. The number of hydrazine groups is 1. The molecule has 1 aromatic heterocycles. The van der Waals surface area contributed by atoms with Crippen LogP contribution in [0.1, 0.15) is 6.92 Å². The highest BCUT2D eigenvalue weighted by atomic mass is 35.5. The molecule has 1 aromatic carbocycles. The van der Waals surface area contributed by atoms with Crippen LogP contribution in [0.15, 0.2) is 12.1 Å². The van der Waals surface area contributed by atoms with E-state index >= 15 is 0 Å². The molecule has 12 nitrogen and oxygen atoms in total. The number of halogens is 1. The number of nitrogens with zero attached hydrogens (tertiary/aromatic N) is 4. The molecule has 126 valence electrons. The number of carbonyl (C=O) groups excluding carboxylic acids is 1. The van der Waals surface area contributed by atoms with Crippen molar-refractivity contribution in [3.05, 3.63) is 37.6 Å². The molecule has 2 rings (SSSR count). The van der Waals surface area contributed by atoms with Crippen LogP contribution < -0.4 is 10.9 Å². The molecule has 0 spiro atoms. The largest absolute Gasteiger partial charge is 0.449 e. The van der Waals surface area contributed by atoms with Crippen molar-refractivity contribution in [2.45, 2.75) is 6.92 Å². The van der Waals surface area contributed by atoms with E-state index in [0.717, 1.165) is 12.1 Å². The Morgan fingerprint density at radius 2 is 1.88 bits per heavy atom. The first-order valence-electron chi connectivity index (χ1n) is 6.32. The third-order valence-electron chi connectivity index (χ3n) is 2.72. The number of aromatic nitrogens is 2. The fourth-order valence-electron chi connectivity index (χ4n) is 1.79. The van der Waals surface area contributed by atoms with Gasteiger partial charge in [-0.15, -0.1) is 0 Å². The molecule has 0 unspecified atom stereocenters. The molecule has 24 heavy (non-hydrogen) atoms. The van der Waals surface area contributed by atoms with E-state index in [-0.39, 0.29) is 28.6 Å². The summed E-state index contributed by atoms with van der Waals surface area (Å²) in [6.45, 7) is 1.72. The number of amides is 1. The van der Waals surface area contributed by atoms with Crippen LogP contribution in [0.25, 0.3) is 10.9 Å². The molecule has 0 aliphatic rings. The topological polar surface area (TPSA) is 162 Å². The van der Waals surface area contributed by atoms with Crippen molar-refractivity contribution in [3.63, 3.8) is 0 Å². The molecule has 2 aromatic rings. The van der Waals surface area contributed by atoms with E-state index in [2.05, 4.69) is 25.6 Å². The van der Waals surface area contributed by atoms with Crippen LogP contribution in [0, 0.1) is 20.2 Å². The molecule has 1 heterocycles. The molecule has 0 saturated carbocycles. The Labute approximate surface area is 138 Å². The highest BCUT2D eigenvalue weighted by Gasteiger charge is 2.26. The zero-order chi connectivity index (χ0) is 17.9. The van der Waals surface area contributed by atoms with Gasteiger partial charge >= 0.3 is 17.5 Å². The van der Waals surface area contributed by atoms with Crippen molar-refractivity contribution in [2.24, 2.45) is 0 Å². The first-order valence-corrected chi connectivity index (χ1v) is 6.70. The van der Waals surface area contributed by atoms with Crippen LogP contribution >= 0.6 is 11.6 Å². The Bertz CT molecular complexity index is 843. The summed E-state index contributed by atoms with van der Waals surface area (Å²) in [7, 11) is 0. The molecular weight excluding hydrogens is 348 g/mol. The summed E-state index contributed by atoms with van der Waals surface area (Å²) in [5.74, 6) is -0.0870. The molecule has 0 saturated heterocycles. The number of ether oxygens (including phenoxy) is 1. The third-order valence-corrected chi connectivity index (χ3v) is 2.89. The second-order valence-corrected chi connectivity index (χ2v) is 4.52. The van der Waals surface area contributed by atoms with Gasteiger partial charge in [-0.3, -0.25) is 25.7 Å². The molecule has 0 fully saturated rings. The number of hydrogen-bond acceptors (Lipinski definition) is 9. The van der Waals surface area contributed by atoms with Crippen molar-refractivity contribution in [1.29, 1.82) is 0 Å². The number of nitro groups is 2. The second-order valence-electron chi connectivity index (χ2n) is 4.18. The summed E-state index contributed by atoms with van der Waals surface area (Å²) in [5.41, 5.74) is 3.01. The third kappa shape index (κ3) is 3.55. The average Bonchev–Trinajstić information content (AvgIpc) is 2.51. The van der Waals surface area contributed by atoms with Gasteiger partial charge in [-0.2, -0.15) is 4.98 Å². The van der Waals surface area contributed by atoms with E-state index in [4.69, 9.17) is 11.6 Å². The van der Waals surface area contributed by atoms with E-state index in [1.54, 1.807) is 6.92 Å². The molecule has 0 aliphatic carbocycles. The number of carbonyl (C=O) groups is 1. The molecule has 0 bridgehead atoms. The van der Waals surface area contributed by atoms with Gasteiger partial charge in [0.1, 0.15) is 0 Å². The number of nitro benzene ring substituents is 2. The standard InChI is InChI=1S/C11H9ClN6O6/c1-2-24-11(19)16-15-9-5-3-7(17(20)21)8(18(22)23)4-6(5)13-10(12)14-9/h3-4H,2H2,1H3,(H,16,19)(H,13,14,15). The Hall–Kier alpha value is -3.28. The van der Waals surface area contributed by atoms with Gasteiger partial charge in [-0.05, 0) is 18.5 Å². The molecule has 0 atom stereocenters. The zero-order valence-electron chi connectivity index (χ0n) is 12.0. The van der Waals surface area contributed by atoms with Crippen LogP contribution in [0.3, 0.4) is 0 Å². The summed E-state index contributed by atoms with van der Waals surface area (Å²) in [6, 6.07) is 1.82. The number of rotatable bonds is 5. The van der Waals surface area contributed by atoms with Crippen molar-refractivity contribution in [1.82, 2.24) is 15.4 Å². The lowest BCUT2D eigenvalue weighted by molar-refractivity contribution is -0.422. The van der Waals surface area contributed by atoms with E-state index in [9.17, 15) is 25.0 Å². The molecule has 1 amide bonds. The van der Waals surface area contributed by atoms with Crippen molar-refractivity contribution in [2.75, 3.05) is 12.0 Å². The van der Waals surface area contributed by atoms with Crippen molar-refractivity contribution in [3.8, 4) is 0 Å². The fraction of sp³-hybridized carbons (Fsp3) is 0.182. The van der Waals surface area contributed by atoms with Crippen LogP contribution in [0.2, 0.25) is 5.28 Å². The van der Waals surface area contributed by atoms with E-state index in [1.807, 2.05) is 0 Å². The normalized spacial score (nSPS) is 10.2. The summed E-state index contributed by atoms with van der Waals surface area (Å²) < 4.78 is 4.63. The van der Waals surface area contributed by atoms with Gasteiger partial charge in [0, 0.05) is 6.07 Å². The minimum absolute atomic E-state index is 0.0135. The number of hydrogen-bond donors (Lipinski definition) is 2. The van der Waals surface area contributed by atoms with Gasteiger partial charge in [-0.1, -0.05) is 0 Å². The predicted octanol–water partition coefficient (Wildman–Crippen LogP) is 2.17. The minimum atomic E-state index is -0.908. The Kier molecular flexibility index (Phi) is 4.89. The Morgan fingerprint density at radius 1 is 1.25 bits per heavy atom. The quantitative estimate of drug-likeness (QED) is 0.464. The Morgan fingerprint density at radius 3 is 2.46 bits per heavy atom. The number of anilines is 1. The van der Waals surface area contributed by atoms with Crippen molar-refractivity contribution < 1.29 is 19.4 Å². The monoisotopic (exact) mass is 356 g/mol. The van der Waals surface area contributed by atoms with E-state index in [0.29, 0.717) is 0 Å². The van der Waals surface area contributed by atoms with Gasteiger partial charge in [0.05, 0.1) is 33.4 Å². The molecule has 13 heteroatoms.